The topological polar surface area (TPSA) is 58.5 Å². The summed E-state index contributed by atoms with van der Waals surface area (Å²) in [5.41, 5.74) is 1.08. The van der Waals surface area contributed by atoms with E-state index in [9.17, 15) is 0 Å². The summed E-state index contributed by atoms with van der Waals surface area (Å²) in [5.74, 6) is 3.69. The van der Waals surface area contributed by atoms with Crippen molar-refractivity contribution in [1.29, 1.82) is 0 Å². The Labute approximate surface area is 191 Å². The highest BCUT2D eigenvalue weighted by atomic mass is 127. The summed E-state index contributed by atoms with van der Waals surface area (Å²) in [6.07, 6.45) is 2.70. The Morgan fingerprint density at radius 1 is 1.15 bits per heavy atom. The van der Waals surface area contributed by atoms with Gasteiger partial charge in [-0.15, -0.1) is 24.0 Å². The number of benzene rings is 1. The quantitative estimate of drug-likeness (QED) is 0.198. The molecule has 0 aliphatic heterocycles. The van der Waals surface area contributed by atoms with Gasteiger partial charge in [0.05, 0.1) is 6.61 Å². The zero-order valence-electron chi connectivity index (χ0n) is 15.4. The van der Waals surface area contributed by atoms with E-state index in [4.69, 9.17) is 4.74 Å². The lowest BCUT2D eigenvalue weighted by molar-refractivity contribution is 0.344. The van der Waals surface area contributed by atoms with Gasteiger partial charge in [0.25, 0.3) is 0 Å². The van der Waals surface area contributed by atoms with Gasteiger partial charge in [-0.25, -0.2) is 0 Å². The Hall–Kier alpha value is -1.000. The van der Waals surface area contributed by atoms with Gasteiger partial charge in [0.15, 0.2) is 5.96 Å². The van der Waals surface area contributed by atoms with E-state index in [0.29, 0.717) is 6.61 Å². The summed E-state index contributed by atoms with van der Waals surface area (Å²) in [6.45, 7) is 2.38. The zero-order chi connectivity index (χ0) is 18.5. The highest BCUT2D eigenvalue weighted by Gasteiger charge is 1.99. The SMILES string of the molecule is CN=C(NCCSCCOc1cccc(Br)c1)NCCc1ccccn1.I. The molecule has 2 aromatic rings. The van der Waals surface area contributed by atoms with Gasteiger partial charge >= 0.3 is 0 Å². The fourth-order valence-electron chi connectivity index (χ4n) is 2.19. The van der Waals surface area contributed by atoms with Gasteiger partial charge in [0.2, 0.25) is 0 Å². The van der Waals surface area contributed by atoms with Gasteiger partial charge in [-0.2, -0.15) is 11.8 Å². The third-order valence-electron chi connectivity index (χ3n) is 3.45. The molecular weight excluding hydrogens is 539 g/mol. The van der Waals surface area contributed by atoms with Crippen LogP contribution in [0.3, 0.4) is 0 Å². The maximum atomic E-state index is 5.72. The number of hydrogen-bond donors (Lipinski definition) is 2. The van der Waals surface area contributed by atoms with Crippen molar-refractivity contribution >= 4 is 57.6 Å². The van der Waals surface area contributed by atoms with Crippen molar-refractivity contribution in [3.05, 3.63) is 58.8 Å². The van der Waals surface area contributed by atoms with Crippen molar-refractivity contribution in [3.8, 4) is 5.75 Å². The predicted molar refractivity (Wildman–Crippen MR) is 130 cm³/mol. The average molecular weight is 565 g/mol. The number of aromatic nitrogens is 1. The van der Waals surface area contributed by atoms with Gasteiger partial charge in [-0.3, -0.25) is 9.98 Å². The molecule has 8 heteroatoms. The van der Waals surface area contributed by atoms with Crippen molar-refractivity contribution in [1.82, 2.24) is 15.6 Å². The van der Waals surface area contributed by atoms with Gasteiger partial charge in [0.1, 0.15) is 5.75 Å². The number of hydrogen-bond acceptors (Lipinski definition) is 4. The zero-order valence-corrected chi connectivity index (χ0v) is 20.1. The first-order chi connectivity index (χ1) is 12.8. The second kappa shape index (κ2) is 15.0. The molecule has 0 unspecified atom stereocenters. The first kappa shape index (κ1) is 24.0. The van der Waals surface area contributed by atoms with E-state index in [1.807, 2.05) is 60.4 Å². The van der Waals surface area contributed by atoms with E-state index in [1.165, 1.54) is 0 Å². The number of ether oxygens (including phenoxy) is 1. The number of halogens is 2. The van der Waals surface area contributed by atoms with Crippen LogP contribution in [0, 0.1) is 0 Å². The highest BCUT2D eigenvalue weighted by Crippen LogP contribution is 2.17. The minimum atomic E-state index is 0. The number of rotatable bonds is 10. The van der Waals surface area contributed by atoms with Crippen molar-refractivity contribution in [2.75, 3.05) is 38.2 Å². The molecule has 0 radical (unpaired) electrons. The number of nitrogens with zero attached hydrogens (tertiary/aromatic N) is 2. The lowest BCUT2D eigenvalue weighted by atomic mass is 10.3. The van der Waals surface area contributed by atoms with Gasteiger partial charge in [-0.1, -0.05) is 28.1 Å². The van der Waals surface area contributed by atoms with Gasteiger partial charge < -0.3 is 15.4 Å². The third-order valence-corrected chi connectivity index (χ3v) is 4.90. The molecule has 0 atom stereocenters. The van der Waals surface area contributed by atoms with E-state index in [1.54, 1.807) is 7.05 Å². The third kappa shape index (κ3) is 10.8. The summed E-state index contributed by atoms with van der Waals surface area (Å²) in [4.78, 5) is 8.55. The molecule has 1 aromatic heterocycles. The van der Waals surface area contributed by atoms with Crippen LogP contribution in [0.15, 0.2) is 58.1 Å². The molecule has 1 heterocycles. The normalized spacial score (nSPS) is 10.8. The molecule has 0 aliphatic carbocycles. The number of pyridine rings is 1. The minimum Gasteiger partial charge on any atom is -0.493 e. The van der Waals surface area contributed by atoms with E-state index in [2.05, 4.69) is 36.5 Å². The monoisotopic (exact) mass is 564 g/mol. The summed E-state index contributed by atoms with van der Waals surface area (Å²) in [5, 5.41) is 6.63. The fraction of sp³-hybridized carbons (Fsp3) is 0.368. The van der Waals surface area contributed by atoms with Crippen molar-refractivity contribution < 1.29 is 4.74 Å². The Balaban J connectivity index is 0.00000364. The van der Waals surface area contributed by atoms with Crippen LogP contribution in [0.1, 0.15) is 5.69 Å². The van der Waals surface area contributed by atoms with Crippen LogP contribution in [0.5, 0.6) is 5.75 Å². The molecule has 0 amide bonds. The van der Waals surface area contributed by atoms with Crippen molar-refractivity contribution in [3.63, 3.8) is 0 Å². The number of nitrogens with one attached hydrogen (secondary N) is 2. The molecule has 0 fully saturated rings. The lowest BCUT2D eigenvalue weighted by Gasteiger charge is -2.11. The minimum absolute atomic E-state index is 0. The Morgan fingerprint density at radius 3 is 2.74 bits per heavy atom. The Kier molecular flexibility index (Phi) is 13.3. The van der Waals surface area contributed by atoms with E-state index in [0.717, 1.165) is 52.9 Å². The summed E-state index contributed by atoms with van der Waals surface area (Å²) in [7, 11) is 1.79. The molecule has 0 aliphatic rings. The smallest absolute Gasteiger partial charge is 0.191 e. The predicted octanol–water partition coefficient (Wildman–Crippen LogP) is 3.98. The Morgan fingerprint density at radius 2 is 2.00 bits per heavy atom. The van der Waals surface area contributed by atoms with Crippen LogP contribution >= 0.6 is 51.7 Å². The van der Waals surface area contributed by atoms with Crippen LogP contribution in [-0.2, 0) is 6.42 Å². The standard InChI is InChI=1S/C19H25BrN4OS.HI/c1-21-19(23-10-8-17-6-2-3-9-22-17)24-11-13-26-14-12-25-18-7-4-5-16(20)15-18;/h2-7,9,15H,8,10-14H2,1H3,(H2,21,23,24);1H. The Bertz CT molecular complexity index is 676. The van der Waals surface area contributed by atoms with E-state index in [-0.39, 0.29) is 24.0 Å². The molecule has 0 saturated heterocycles. The summed E-state index contributed by atoms with van der Waals surface area (Å²) in [6, 6.07) is 13.9. The summed E-state index contributed by atoms with van der Waals surface area (Å²) < 4.78 is 6.75. The molecule has 0 saturated carbocycles. The number of guanidine groups is 1. The molecule has 5 nitrogen and oxygen atoms in total. The van der Waals surface area contributed by atoms with E-state index >= 15 is 0 Å². The van der Waals surface area contributed by atoms with E-state index < -0.39 is 0 Å². The molecule has 2 rings (SSSR count). The van der Waals surface area contributed by atoms with Crippen LogP contribution in [0.2, 0.25) is 0 Å². The maximum Gasteiger partial charge on any atom is 0.191 e. The molecule has 2 N–H and O–H groups in total. The molecule has 148 valence electrons. The summed E-state index contributed by atoms with van der Waals surface area (Å²) >= 11 is 5.30. The molecule has 27 heavy (non-hydrogen) atoms. The van der Waals surface area contributed by atoms with Gasteiger partial charge in [-0.05, 0) is 30.3 Å². The second-order valence-corrected chi connectivity index (χ2v) is 7.56. The average Bonchev–Trinajstić information content (AvgIpc) is 2.66. The first-order valence-electron chi connectivity index (χ1n) is 8.58. The highest BCUT2D eigenvalue weighted by molar-refractivity contribution is 14.0. The molecule has 0 spiro atoms. The first-order valence-corrected chi connectivity index (χ1v) is 10.5. The maximum absolute atomic E-state index is 5.72. The molecule has 1 aromatic carbocycles. The van der Waals surface area contributed by atoms with Gasteiger partial charge in [0, 0.05) is 54.4 Å². The fourth-order valence-corrected chi connectivity index (χ4v) is 3.22. The van der Waals surface area contributed by atoms with Crippen molar-refractivity contribution in [2.45, 2.75) is 6.42 Å². The lowest BCUT2D eigenvalue weighted by Crippen LogP contribution is -2.39. The number of thioether (sulfide) groups is 1. The van der Waals surface area contributed by atoms with Crippen LogP contribution in [-0.4, -0.2) is 49.2 Å². The van der Waals surface area contributed by atoms with Crippen LogP contribution in [0.4, 0.5) is 0 Å². The second-order valence-electron chi connectivity index (χ2n) is 5.42. The largest absolute Gasteiger partial charge is 0.493 e. The van der Waals surface area contributed by atoms with Crippen molar-refractivity contribution in [2.24, 2.45) is 4.99 Å². The number of aliphatic imine (C=N–C) groups is 1. The molecule has 0 bridgehead atoms. The van der Waals surface area contributed by atoms with Crippen LogP contribution < -0.4 is 15.4 Å². The van der Waals surface area contributed by atoms with Crippen LogP contribution in [0.25, 0.3) is 0 Å². The molecular formula is C19H26BrIN4OS.